The van der Waals surface area contributed by atoms with E-state index in [1.807, 2.05) is 6.20 Å². The molecule has 2 aromatic rings. The van der Waals surface area contributed by atoms with Crippen molar-refractivity contribution in [1.29, 1.82) is 0 Å². The molecule has 0 saturated heterocycles. The Bertz CT molecular complexity index is 557. The fourth-order valence-corrected chi connectivity index (χ4v) is 2.74. The molecule has 0 spiro atoms. The summed E-state index contributed by atoms with van der Waals surface area (Å²) in [5.74, 6) is 1.61. The molecular formula is C18H27N3. The predicted octanol–water partition coefficient (Wildman–Crippen LogP) is 4.06. The Kier molecular flexibility index (Phi) is 5.57. The third-order valence-corrected chi connectivity index (χ3v) is 3.85. The third kappa shape index (κ3) is 3.94. The van der Waals surface area contributed by atoms with Gasteiger partial charge in [-0.25, -0.2) is 4.98 Å². The maximum absolute atomic E-state index is 4.50. The highest BCUT2D eigenvalue weighted by atomic mass is 15.1. The van der Waals surface area contributed by atoms with Crippen LogP contribution in [0, 0.1) is 6.92 Å². The molecule has 1 heterocycles. The fraction of sp³-hybridized carbons (Fsp3) is 0.500. The highest BCUT2D eigenvalue weighted by molar-refractivity contribution is 5.28. The fourth-order valence-electron chi connectivity index (χ4n) is 2.74. The van der Waals surface area contributed by atoms with Crippen LogP contribution in [0.25, 0.3) is 0 Å². The zero-order valence-corrected chi connectivity index (χ0v) is 13.6. The first kappa shape index (κ1) is 15.8. The Labute approximate surface area is 128 Å². The molecule has 1 aromatic carbocycles. The van der Waals surface area contributed by atoms with Gasteiger partial charge in [-0.1, -0.05) is 45.0 Å². The van der Waals surface area contributed by atoms with Crippen molar-refractivity contribution < 1.29 is 0 Å². The number of hydrogen-bond acceptors (Lipinski definition) is 2. The minimum Gasteiger partial charge on any atom is -0.333 e. The standard InChI is InChI=1S/C18H27N3/c1-5-10-19-17(16-9-7-6-8-15(16)4)13-21-12-11-20-18(21)14(2)3/h6-9,11-12,14,17,19H,5,10,13H2,1-4H3. The van der Waals surface area contributed by atoms with Gasteiger partial charge in [0, 0.05) is 24.9 Å². The SMILES string of the molecule is CCCNC(Cn1ccnc1C(C)C)c1ccccc1C. The van der Waals surface area contributed by atoms with Gasteiger partial charge in [0.1, 0.15) is 5.82 Å². The van der Waals surface area contributed by atoms with Crippen LogP contribution in [0.4, 0.5) is 0 Å². The second-order valence-corrected chi connectivity index (χ2v) is 5.96. The number of nitrogens with one attached hydrogen (secondary N) is 1. The zero-order valence-electron chi connectivity index (χ0n) is 13.6. The van der Waals surface area contributed by atoms with Gasteiger partial charge in [0.25, 0.3) is 0 Å². The molecule has 114 valence electrons. The molecule has 0 amide bonds. The number of aryl methyl sites for hydroxylation is 1. The van der Waals surface area contributed by atoms with Crippen LogP contribution in [0.2, 0.25) is 0 Å². The van der Waals surface area contributed by atoms with Crippen molar-refractivity contribution in [3.8, 4) is 0 Å². The van der Waals surface area contributed by atoms with Gasteiger partial charge in [-0.15, -0.1) is 0 Å². The van der Waals surface area contributed by atoms with Crippen molar-refractivity contribution in [3.63, 3.8) is 0 Å². The number of imidazole rings is 1. The quantitative estimate of drug-likeness (QED) is 0.831. The second-order valence-electron chi connectivity index (χ2n) is 5.96. The average molecular weight is 285 g/mol. The first-order chi connectivity index (χ1) is 10.1. The number of benzene rings is 1. The van der Waals surface area contributed by atoms with Crippen LogP contribution in [0.1, 0.15) is 56.1 Å². The van der Waals surface area contributed by atoms with Crippen LogP contribution in [-0.4, -0.2) is 16.1 Å². The van der Waals surface area contributed by atoms with Gasteiger partial charge in [0.05, 0.1) is 6.04 Å². The number of rotatable bonds is 7. The summed E-state index contributed by atoms with van der Waals surface area (Å²) in [5.41, 5.74) is 2.73. The molecule has 3 nitrogen and oxygen atoms in total. The number of nitrogens with zero attached hydrogens (tertiary/aromatic N) is 2. The van der Waals surface area contributed by atoms with E-state index in [-0.39, 0.29) is 0 Å². The Morgan fingerprint density at radius 2 is 2.00 bits per heavy atom. The molecule has 0 aliphatic heterocycles. The summed E-state index contributed by atoms with van der Waals surface area (Å²) in [4.78, 5) is 4.50. The lowest BCUT2D eigenvalue weighted by Gasteiger charge is -2.23. The van der Waals surface area contributed by atoms with Crippen LogP contribution < -0.4 is 5.32 Å². The molecular weight excluding hydrogens is 258 g/mol. The summed E-state index contributed by atoms with van der Waals surface area (Å²) in [6.07, 6.45) is 5.14. The maximum Gasteiger partial charge on any atom is 0.111 e. The second kappa shape index (κ2) is 7.41. The third-order valence-electron chi connectivity index (χ3n) is 3.85. The summed E-state index contributed by atoms with van der Waals surface area (Å²) in [7, 11) is 0. The van der Waals surface area contributed by atoms with Crippen molar-refractivity contribution >= 4 is 0 Å². The van der Waals surface area contributed by atoms with E-state index in [9.17, 15) is 0 Å². The monoisotopic (exact) mass is 285 g/mol. The van der Waals surface area contributed by atoms with E-state index in [1.165, 1.54) is 11.1 Å². The molecule has 0 saturated carbocycles. The first-order valence-electron chi connectivity index (χ1n) is 7.93. The summed E-state index contributed by atoms with van der Waals surface area (Å²) in [6.45, 7) is 10.7. The molecule has 0 radical (unpaired) electrons. The molecule has 1 atom stereocenters. The van der Waals surface area contributed by atoms with E-state index in [4.69, 9.17) is 0 Å². The van der Waals surface area contributed by atoms with E-state index < -0.39 is 0 Å². The Morgan fingerprint density at radius 3 is 2.67 bits per heavy atom. The summed E-state index contributed by atoms with van der Waals surface area (Å²) < 4.78 is 2.28. The van der Waals surface area contributed by atoms with Crippen molar-refractivity contribution in [2.24, 2.45) is 0 Å². The topological polar surface area (TPSA) is 29.9 Å². The van der Waals surface area contributed by atoms with E-state index >= 15 is 0 Å². The lowest BCUT2D eigenvalue weighted by atomic mass is 10.0. The van der Waals surface area contributed by atoms with Crippen LogP contribution in [0.15, 0.2) is 36.7 Å². The van der Waals surface area contributed by atoms with Crippen molar-refractivity contribution in [2.45, 2.75) is 52.6 Å². The number of aromatic nitrogens is 2. The van der Waals surface area contributed by atoms with Gasteiger partial charge in [-0.3, -0.25) is 0 Å². The average Bonchev–Trinajstić information content (AvgIpc) is 2.92. The van der Waals surface area contributed by atoms with Gasteiger partial charge < -0.3 is 9.88 Å². The van der Waals surface area contributed by atoms with Gasteiger partial charge in [0.2, 0.25) is 0 Å². The van der Waals surface area contributed by atoms with Crippen molar-refractivity contribution in [2.75, 3.05) is 6.54 Å². The molecule has 1 unspecified atom stereocenters. The molecule has 0 bridgehead atoms. The number of hydrogen-bond donors (Lipinski definition) is 1. The van der Waals surface area contributed by atoms with Crippen LogP contribution in [0.3, 0.4) is 0 Å². The lowest BCUT2D eigenvalue weighted by Crippen LogP contribution is -2.27. The minimum absolute atomic E-state index is 0.331. The summed E-state index contributed by atoms with van der Waals surface area (Å²) >= 11 is 0. The predicted molar refractivity (Wildman–Crippen MR) is 88.5 cm³/mol. The largest absolute Gasteiger partial charge is 0.333 e. The molecule has 2 rings (SSSR count). The molecule has 1 aromatic heterocycles. The van der Waals surface area contributed by atoms with E-state index in [0.29, 0.717) is 12.0 Å². The van der Waals surface area contributed by atoms with Crippen LogP contribution >= 0.6 is 0 Å². The molecule has 3 heteroatoms. The van der Waals surface area contributed by atoms with Gasteiger partial charge >= 0.3 is 0 Å². The van der Waals surface area contributed by atoms with Crippen molar-refractivity contribution in [3.05, 3.63) is 53.6 Å². The summed E-state index contributed by atoms with van der Waals surface area (Å²) in [6, 6.07) is 8.98. The first-order valence-corrected chi connectivity index (χ1v) is 7.93. The van der Waals surface area contributed by atoms with Crippen LogP contribution in [-0.2, 0) is 6.54 Å². The van der Waals surface area contributed by atoms with Crippen LogP contribution in [0.5, 0.6) is 0 Å². The van der Waals surface area contributed by atoms with Crippen molar-refractivity contribution in [1.82, 2.24) is 14.9 Å². The molecule has 1 N–H and O–H groups in total. The minimum atomic E-state index is 0.331. The van der Waals surface area contributed by atoms with Gasteiger partial charge in [-0.05, 0) is 31.0 Å². The molecule has 0 aliphatic rings. The van der Waals surface area contributed by atoms with E-state index in [1.54, 1.807) is 0 Å². The van der Waals surface area contributed by atoms with Gasteiger partial charge in [-0.2, -0.15) is 0 Å². The molecule has 0 fully saturated rings. The Morgan fingerprint density at radius 1 is 1.24 bits per heavy atom. The Balaban J connectivity index is 2.24. The maximum atomic E-state index is 4.50. The normalized spacial score (nSPS) is 12.8. The molecule has 21 heavy (non-hydrogen) atoms. The zero-order chi connectivity index (χ0) is 15.2. The van der Waals surface area contributed by atoms with Gasteiger partial charge in [0.15, 0.2) is 0 Å². The molecule has 0 aliphatic carbocycles. The summed E-state index contributed by atoms with van der Waals surface area (Å²) in [5, 5.41) is 3.68. The highest BCUT2D eigenvalue weighted by Crippen LogP contribution is 2.21. The Hall–Kier alpha value is -1.61. The van der Waals surface area contributed by atoms with E-state index in [0.717, 1.165) is 25.3 Å². The lowest BCUT2D eigenvalue weighted by molar-refractivity contribution is 0.448. The smallest absolute Gasteiger partial charge is 0.111 e. The highest BCUT2D eigenvalue weighted by Gasteiger charge is 2.16. The van der Waals surface area contributed by atoms with E-state index in [2.05, 4.69) is 73.0 Å².